The van der Waals surface area contributed by atoms with Gasteiger partial charge in [0.25, 0.3) is 0 Å². The SMILES string of the molecule is NC[C@@H](c1ccc(Cl)cc1Cl)c1c[nH]c2ccccc12. The van der Waals surface area contributed by atoms with Crippen LogP contribution in [0.15, 0.2) is 48.7 Å². The summed E-state index contributed by atoms with van der Waals surface area (Å²) in [6, 6.07) is 13.7. The molecular weight excluding hydrogens is 291 g/mol. The van der Waals surface area contributed by atoms with Crippen LogP contribution in [0.3, 0.4) is 0 Å². The standard InChI is InChI=1S/C16H14Cl2N2/c17-10-5-6-11(15(18)7-10)13(8-19)14-9-20-16-4-2-1-3-12(14)16/h1-7,9,13,20H,8,19H2/t13-/m0/s1. The Labute approximate surface area is 127 Å². The van der Waals surface area contributed by atoms with E-state index in [1.54, 1.807) is 6.07 Å². The predicted molar refractivity (Wildman–Crippen MR) is 85.7 cm³/mol. The Kier molecular flexibility index (Phi) is 3.70. The fourth-order valence-corrected chi connectivity index (χ4v) is 3.13. The van der Waals surface area contributed by atoms with Gasteiger partial charge in [-0.05, 0) is 29.3 Å². The number of benzene rings is 2. The smallest absolute Gasteiger partial charge is 0.0459 e. The fourth-order valence-electron chi connectivity index (χ4n) is 2.59. The van der Waals surface area contributed by atoms with Crippen molar-refractivity contribution in [3.63, 3.8) is 0 Å². The monoisotopic (exact) mass is 304 g/mol. The highest BCUT2D eigenvalue weighted by Gasteiger charge is 2.19. The summed E-state index contributed by atoms with van der Waals surface area (Å²) in [6.07, 6.45) is 2.01. The number of hydrogen-bond acceptors (Lipinski definition) is 1. The van der Waals surface area contributed by atoms with Crippen molar-refractivity contribution in [1.29, 1.82) is 0 Å². The average molecular weight is 305 g/mol. The van der Waals surface area contributed by atoms with Gasteiger partial charge in [-0.1, -0.05) is 47.5 Å². The van der Waals surface area contributed by atoms with Crippen molar-refractivity contribution in [3.05, 3.63) is 69.8 Å². The summed E-state index contributed by atoms with van der Waals surface area (Å²) in [7, 11) is 0. The Hall–Kier alpha value is -1.48. The molecule has 2 nitrogen and oxygen atoms in total. The zero-order chi connectivity index (χ0) is 14.1. The molecule has 1 atom stereocenters. The molecule has 3 N–H and O–H groups in total. The number of H-pyrrole nitrogens is 1. The van der Waals surface area contributed by atoms with Crippen LogP contribution in [-0.4, -0.2) is 11.5 Å². The van der Waals surface area contributed by atoms with Crippen molar-refractivity contribution in [2.45, 2.75) is 5.92 Å². The van der Waals surface area contributed by atoms with E-state index in [0.29, 0.717) is 16.6 Å². The van der Waals surface area contributed by atoms with Crippen LogP contribution in [0.4, 0.5) is 0 Å². The van der Waals surface area contributed by atoms with Crippen LogP contribution < -0.4 is 5.73 Å². The normalized spacial score (nSPS) is 12.8. The van der Waals surface area contributed by atoms with Crippen molar-refractivity contribution < 1.29 is 0 Å². The van der Waals surface area contributed by atoms with Crippen molar-refractivity contribution in [3.8, 4) is 0 Å². The van der Waals surface area contributed by atoms with Gasteiger partial charge in [0.15, 0.2) is 0 Å². The molecule has 1 heterocycles. The second-order valence-electron chi connectivity index (χ2n) is 4.74. The first-order chi connectivity index (χ1) is 9.70. The van der Waals surface area contributed by atoms with E-state index >= 15 is 0 Å². The van der Waals surface area contributed by atoms with Crippen molar-refractivity contribution in [1.82, 2.24) is 4.98 Å². The maximum Gasteiger partial charge on any atom is 0.0459 e. The Morgan fingerprint density at radius 2 is 1.85 bits per heavy atom. The maximum atomic E-state index is 6.32. The molecule has 0 saturated heterocycles. The third-order valence-corrected chi connectivity index (χ3v) is 4.13. The fraction of sp³-hybridized carbons (Fsp3) is 0.125. The average Bonchev–Trinajstić information content (AvgIpc) is 2.86. The van der Waals surface area contributed by atoms with Gasteiger partial charge in [-0.2, -0.15) is 0 Å². The Morgan fingerprint density at radius 1 is 1.05 bits per heavy atom. The molecule has 0 bridgehead atoms. The second kappa shape index (κ2) is 5.49. The molecule has 0 aliphatic heterocycles. The first-order valence-corrected chi connectivity index (χ1v) is 7.17. The quantitative estimate of drug-likeness (QED) is 0.731. The lowest BCUT2D eigenvalue weighted by atomic mass is 9.91. The molecular formula is C16H14Cl2N2. The van der Waals surface area contributed by atoms with E-state index in [1.807, 2.05) is 30.5 Å². The third-order valence-electron chi connectivity index (χ3n) is 3.57. The molecule has 20 heavy (non-hydrogen) atoms. The lowest BCUT2D eigenvalue weighted by molar-refractivity contribution is 0.826. The molecule has 0 fully saturated rings. The van der Waals surface area contributed by atoms with Gasteiger partial charge >= 0.3 is 0 Å². The third kappa shape index (κ3) is 2.31. The molecule has 3 aromatic rings. The van der Waals surface area contributed by atoms with Crippen LogP contribution in [0.2, 0.25) is 10.0 Å². The molecule has 0 unspecified atom stereocenters. The number of para-hydroxylation sites is 1. The van der Waals surface area contributed by atoms with E-state index < -0.39 is 0 Å². The summed E-state index contributed by atoms with van der Waals surface area (Å²) >= 11 is 12.3. The van der Waals surface area contributed by atoms with Crippen LogP contribution in [0.1, 0.15) is 17.0 Å². The summed E-state index contributed by atoms with van der Waals surface area (Å²) in [5.41, 5.74) is 9.25. The predicted octanol–water partition coefficient (Wildman–Crippen LogP) is 4.57. The van der Waals surface area contributed by atoms with E-state index in [4.69, 9.17) is 28.9 Å². The highest BCUT2D eigenvalue weighted by Crippen LogP contribution is 2.34. The molecule has 0 aliphatic rings. The van der Waals surface area contributed by atoms with E-state index in [-0.39, 0.29) is 5.92 Å². The lowest BCUT2D eigenvalue weighted by Gasteiger charge is -2.16. The van der Waals surface area contributed by atoms with Gasteiger partial charge in [-0.15, -0.1) is 0 Å². The van der Waals surface area contributed by atoms with E-state index in [9.17, 15) is 0 Å². The highest BCUT2D eigenvalue weighted by atomic mass is 35.5. The number of aromatic amines is 1. The molecule has 3 rings (SSSR count). The van der Waals surface area contributed by atoms with Gasteiger partial charge in [0.1, 0.15) is 0 Å². The van der Waals surface area contributed by atoms with Gasteiger partial charge in [-0.25, -0.2) is 0 Å². The minimum atomic E-state index is 0.0518. The van der Waals surface area contributed by atoms with Crippen LogP contribution in [-0.2, 0) is 0 Å². The summed E-state index contributed by atoms with van der Waals surface area (Å²) < 4.78 is 0. The van der Waals surface area contributed by atoms with Gasteiger partial charge in [0.2, 0.25) is 0 Å². The molecule has 0 spiro atoms. The first kappa shape index (κ1) is 13.5. The van der Waals surface area contributed by atoms with Gasteiger partial charge in [0.05, 0.1) is 0 Å². The highest BCUT2D eigenvalue weighted by molar-refractivity contribution is 6.35. The molecule has 2 aromatic carbocycles. The van der Waals surface area contributed by atoms with Gasteiger partial charge in [-0.3, -0.25) is 0 Å². The second-order valence-corrected chi connectivity index (χ2v) is 5.59. The van der Waals surface area contributed by atoms with Crippen molar-refractivity contribution in [2.75, 3.05) is 6.54 Å². The number of rotatable bonds is 3. The van der Waals surface area contributed by atoms with Crippen LogP contribution in [0.5, 0.6) is 0 Å². The molecule has 0 radical (unpaired) electrons. The van der Waals surface area contributed by atoms with E-state index in [1.165, 1.54) is 5.39 Å². The Bertz CT molecular complexity index is 749. The molecule has 0 aliphatic carbocycles. The minimum Gasteiger partial charge on any atom is -0.361 e. The van der Waals surface area contributed by atoms with Crippen LogP contribution in [0, 0.1) is 0 Å². The summed E-state index contributed by atoms with van der Waals surface area (Å²) in [5.74, 6) is 0.0518. The number of hydrogen-bond donors (Lipinski definition) is 2. The Balaban J connectivity index is 2.14. The van der Waals surface area contributed by atoms with Crippen LogP contribution >= 0.6 is 23.2 Å². The summed E-state index contributed by atoms with van der Waals surface area (Å²) in [4.78, 5) is 3.28. The van der Waals surface area contributed by atoms with Crippen molar-refractivity contribution >= 4 is 34.1 Å². The zero-order valence-electron chi connectivity index (χ0n) is 10.7. The lowest BCUT2D eigenvalue weighted by Crippen LogP contribution is -2.14. The first-order valence-electron chi connectivity index (χ1n) is 6.41. The minimum absolute atomic E-state index is 0.0518. The molecule has 102 valence electrons. The van der Waals surface area contributed by atoms with Gasteiger partial charge in [0, 0.05) is 39.6 Å². The maximum absolute atomic E-state index is 6.32. The number of aromatic nitrogens is 1. The number of halogens is 2. The molecule has 4 heteroatoms. The molecule has 1 aromatic heterocycles. The molecule has 0 saturated carbocycles. The number of fused-ring (bicyclic) bond motifs is 1. The topological polar surface area (TPSA) is 41.8 Å². The molecule has 0 amide bonds. The number of nitrogens with two attached hydrogens (primary N) is 1. The van der Waals surface area contributed by atoms with E-state index in [2.05, 4.69) is 17.1 Å². The largest absolute Gasteiger partial charge is 0.361 e. The van der Waals surface area contributed by atoms with Crippen LogP contribution in [0.25, 0.3) is 10.9 Å². The zero-order valence-corrected chi connectivity index (χ0v) is 12.2. The Morgan fingerprint density at radius 3 is 2.60 bits per heavy atom. The van der Waals surface area contributed by atoms with Gasteiger partial charge < -0.3 is 10.7 Å². The summed E-state index contributed by atoms with van der Waals surface area (Å²) in [6.45, 7) is 0.489. The van der Waals surface area contributed by atoms with E-state index in [0.717, 1.165) is 16.6 Å². The number of nitrogens with one attached hydrogen (secondary N) is 1. The summed E-state index contributed by atoms with van der Waals surface area (Å²) in [5, 5.41) is 2.46. The van der Waals surface area contributed by atoms with Crippen molar-refractivity contribution in [2.24, 2.45) is 5.73 Å².